The molecule has 0 saturated carbocycles. The van der Waals surface area contributed by atoms with E-state index in [4.69, 9.17) is 4.43 Å². The number of rotatable bonds is 5. The first-order valence-corrected chi connectivity index (χ1v) is 10.4. The molecule has 0 fully saturated rings. The Kier molecular flexibility index (Phi) is 8.09. The molecule has 0 aliphatic rings. The number of aliphatic hydroxyl groups is 1. The van der Waals surface area contributed by atoms with Crippen molar-refractivity contribution in [3.8, 4) is 11.8 Å². The van der Waals surface area contributed by atoms with Crippen molar-refractivity contribution in [1.82, 2.24) is 0 Å². The Labute approximate surface area is 136 Å². The van der Waals surface area contributed by atoms with Crippen LogP contribution in [0.1, 0.15) is 34.6 Å². The summed E-state index contributed by atoms with van der Waals surface area (Å²) in [6, 6.07) is 0. The van der Waals surface area contributed by atoms with Gasteiger partial charge in [-0.25, -0.2) is 4.79 Å². The van der Waals surface area contributed by atoms with Gasteiger partial charge in [0.2, 0.25) is 0 Å². The van der Waals surface area contributed by atoms with Crippen LogP contribution in [0.15, 0.2) is 11.6 Å². The highest BCUT2D eigenvalue weighted by Gasteiger charge is 2.37. The Morgan fingerprint density at radius 2 is 1.91 bits per heavy atom. The fourth-order valence-corrected chi connectivity index (χ4v) is 2.27. The lowest BCUT2D eigenvalue weighted by Crippen LogP contribution is -2.43. The third-order valence-corrected chi connectivity index (χ3v) is 8.61. The van der Waals surface area contributed by atoms with Crippen molar-refractivity contribution in [2.24, 2.45) is 5.92 Å². The molecule has 0 bridgehead atoms. The van der Waals surface area contributed by atoms with Crippen LogP contribution in [0.25, 0.3) is 0 Å². The molecule has 0 unspecified atom stereocenters. The number of carbonyl (C=O) groups is 1. The predicted molar refractivity (Wildman–Crippen MR) is 91.9 cm³/mol. The van der Waals surface area contributed by atoms with E-state index in [0.29, 0.717) is 5.57 Å². The number of aliphatic hydroxyl groups excluding tert-OH is 1. The maximum Gasteiger partial charge on any atom is 0.334 e. The van der Waals surface area contributed by atoms with Crippen LogP contribution in [0.3, 0.4) is 0 Å². The third-order valence-electron chi connectivity index (χ3n) is 4.11. The van der Waals surface area contributed by atoms with Crippen LogP contribution < -0.4 is 0 Å². The van der Waals surface area contributed by atoms with Gasteiger partial charge >= 0.3 is 5.97 Å². The highest BCUT2D eigenvalue weighted by Crippen LogP contribution is 2.36. The van der Waals surface area contributed by atoms with Gasteiger partial charge in [-0.05, 0) is 38.1 Å². The number of ether oxygens (including phenoxy) is 1. The molecule has 4 nitrogen and oxygen atoms in total. The summed E-state index contributed by atoms with van der Waals surface area (Å²) in [5, 5.41) is 10.3. The van der Waals surface area contributed by atoms with Crippen LogP contribution in [0.2, 0.25) is 18.1 Å². The standard InChI is InChI=1S/C17H30O4Si/c1-13(10-9-11-14(2)16(19)20-6)15(18)12-21-22(7,8)17(3,4)5/h11,13,15,18H,12H2,1-8H3/b14-11+/t13-,15+/m0/s1. The van der Waals surface area contributed by atoms with E-state index in [1.807, 2.05) is 6.92 Å². The highest BCUT2D eigenvalue weighted by molar-refractivity contribution is 6.74. The summed E-state index contributed by atoms with van der Waals surface area (Å²) in [4.78, 5) is 11.2. The van der Waals surface area contributed by atoms with Crippen molar-refractivity contribution in [3.05, 3.63) is 11.6 Å². The SMILES string of the molecule is COC(=O)/C(C)=C/C#C[C@H](C)[C@H](O)CO[Si](C)(C)C(C)(C)C. The minimum atomic E-state index is -1.86. The van der Waals surface area contributed by atoms with E-state index in [0.717, 1.165) is 0 Å². The fraction of sp³-hybridized carbons (Fsp3) is 0.706. The van der Waals surface area contributed by atoms with Crippen LogP contribution in [0.5, 0.6) is 0 Å². The van der Waals surface area contributed by atoms with Gasteiger partial charge in [-0.15, -0.1) is 0 Å². The van der Waals surface area contributed by atoms with Crippen molar-refractivity contribution < 1.29 is 19.1 Å². The van der Waals surface area contributed by atoms with E-state index in [2.05, 4.69) is 50.4 Å². The lowest BCUT2D eigenvalue weighted by Gasteiger charge is -2.37. The molecule has 0 spiro atoms. The number of esters is 1. The number of carbonyl (C=O) groups excluding carboxylic acids is 1. The summed E-state index contributed by atoms with van der Waals surface area (Å²) < 4.78 is 10.6. The van der Waals surface area contributed by atoms with Gasteiger partial charge in [0.1, 0.15) is 0 Å². The largest absolute Gasteiger partial charge is 0.466 e. The molecule has 0 rings (SSSR count). The molecule has 0 aromatic heterocycles. The van der Waals surface area contributed by atoms with Crippen molar-refractivity contribution in [2.45, 2.75) is 58.9 Å². The Bertz CT molecular complexity index is 463. The summed E-state index contributed by atoms with van der Waals surface area (Å²) in [6.07, 6.45) is 0.859. The molecule has 2 atom stereocenters. The van der Waals surface area contributed by atoms with E-state index in [1.165, 1.54) is 13.2 Å². The van der Waals surface area contributed by atoms with Gasteiger partial charge in [-0.2, -0.15) is 0 Å². The van der Waals surface area contributed by atoms with E-state index in [-0.39, 0.29) is 17.6 Å². The van der Waals surface area contributed by atoms with Gasteiger partial charge in [0.25, 0.3) is 0 Å². The van der Waals surface area contributed by atoms with Crippen molar-refractivity contribution >= 4 is 14.3 Å². The second kappa shape index (κ2) is 8.52. The van der Waals surface area contributed by atoms with Gasteiger partial charge in [-0.1, -0.05) is 32.6 Å². The molecule has 0 amide bonds. The molecule has 1 N–H and O–H groups in total. The zero-order valence-electron chi connectivity index (χ0n) is 15.1. The van der Waals surface area contributed by atoms with Crippen LogP contribution in [-0.2, 0) is 14.0 Å². The topological polar surface area (TPSA) is 55.8 Å². The number of hydrogen-bond donors (Lipinski definition) is 1. The first kappa shape index (κ1) is 20.9. The number of allylic oxidation sites excluding steroid dienone is 1. The van der Waals surface area contributed by atoms with E-state index in [1.54, 1.807) is 6.92 Å². The second-order valence-corrected chi connectivity index (χ2v) is 11.8. The molecular formula is C17H30O4Si. The van der Waals surface area contributed by atoms with Crippen LogP contribution in [0.4, 0.5) is 0 Å². The van der Waals surface area contributed by atoms with Gasteiger partial charge in [-0.3, -0.25) is 0 Å². The Hall–Kier alpha value is -1.09. The summed E-state index contributed by atoms with van der Waals surface area (Å²) in [6.45, 7) is 14.6. The monoisotopic (exact) mass is 326 g/mol. The summed E-state index contributed by atoms with van der Waals surface area (Å²) in [5.74, 6) is 5.08. The fourth-order valence-electron chi connectivity index (χ4n) is 1.25. The summed E-state index contributed by atoms with van der Waals surface area (Å²) >= 11 is 0. The van der Waals surface area contributed by atoms with Crippen molar-refractivity contribution in [2.75, 3.05) is 13.7 Å². The Balaban J connectivity index is 4.59. The third kappa shape index (κ3) is 6.78. The zero-order chi connectivity index (χ0) is 17.6. The first-order valence-electron chi connectivity index (χ1n) is 7.50. The number of hydrogen-bond acceptors (Lipinski definition) is 4. The van der Waals surface area contributed by atoms with Gasteiger partial charge < -0.3 is 14.3 Å². The van der Waals surface area contributed by atoms with E-state index in [9.17, 15) is 9.90 Å². The Morgan fingerprint density at radius 1 is 1.36 bits per heavy atom. The zero-order valence-corrected chi connectivity index (χ0v) is 16.1. The Morgan fingerprint density at radius 3 is 2.36 bits per heavy atom. The molecule has 126 valence electrons. The molecule has 0 aliphatic carbocycles. The molecule has 0 aromatic carbocycles. The minimum Gasteiger partial charge on any atom is -0.466 e. The maximum absolute atomic E-state index is 11.2. The molecular weight excluding hydrogens is 296 g/mol. The van der Waals surface area contributed by atoms with E-state index < -0.39 is 20.4 Å². The predicted octanol–water partition coefficient (Wildman–Crippen LogP) is 3.13. The first-order chi connectivity index (χ1) is 9.92. The summed E-state index contributed by atoms with van der Waals surface area (Å²) in [7, 11) is -0.533. The normalized spacial score (nSPS) is 15.6. The van der Waals surface area contributed by atoms with Crippen molar-refractivity contribution in [3.63, 3.8) is 0 Å². The quantitative estimate of drug-likeness (QED) is 0.365. The summed E-state index contributed by atoms with van der Waals surface area (Å²) in [5.41, 5.74) is 0.439. The van der Waals surface area contributed by atoms with Crippen LogP contribution in [-0.4, -0.2) is 39.2 Å². The van der Waals surface area contributed by atoms with Gasteiger partial charge in [0.15, 0.2) is 8.32 Å². The van der Waals surface area contributed by atoms with Crippen molar-refractivity contribution in [1.29, 1.82) is 0 Å². The lowest BCUT2D eigenvalue weighted by molar-refractivity contribution is -0.136. The highest BCUT2D eigenvalue weighted by atomic mass is 28.4. The molecule has 0 saturated heterocycles. The number of methoxy groups -OCH3 is 1. The lowest BCUT2D eigenvalue weighted by atomic mass is 10.1. The van der Waals surface area contributed by atoms with Gasteiger partial charge in [0, 0.05) is 11.5 Å². The van der Waals surface area contributed by atoms with Gasteiger partial charge in [0.05, 0.1) is 19.8 Å². The van der Waals surface area contributed by atoms with E-state index >= 15 is 0 Å². The smallest absolute Gasteiger partial charge is 0.334 e. The molecule has 5 heteroatoms. The second-order valence-electron chi connectivity index (χ2n) is 7.03. The molecule has 0 radical (unpaired) electrons. The minimum absolute atomic E-state index is 0.113. The maximum atomic E-state index is 11.2. The average molecular weight is 327 g/mol. The van der Waals surface area contributed by atoms with Crippen LogP contribution >= 0.6 is 0 Å². The van der Waals surface area contributed by atoms with Crippen LogP contribution in [0, 0.1) is 17.8 Å². The molecule has 0 aromatic rings. The molecule has 22 heavy (non-hydrogen) atoms. The average Bonchev–Trinajstić information content (AvgIpc) is 2.42. The molecule has 0 aliphatic heterocycles. The molecule has 0 heterocycles.